The SMILES string of the molecule is CCCCC1=NC2(CCCCC2)C(=O)N1Cc1ccc(-c2cc(OCc3nnn[nH]3)ccc2F)cc1. The number of carbonyl (C=O) groups is 1. The predicted molar refractivity (Wildman–Crippen MR) is 134 cm³/mol. The van der Waals surface area contributed by atoms with E-state index in [4.69, 9.17) is 9.73 Å². The number of tetrazole rings is 1. The van der Waals surface area contributed by atoms with E-state index in [0.717, 1.165) is 61.9 Å². The molecule has 0 radical (unpaired) electrons. The first kappa shape index (κ1) is 24.1. The van der Waals surface area contributed by atoms with Crippen LogP contribution < -0.4 is 4.74 Å². The van der Waals surface area contributed by atoms with Crippen LogP contribution in [0.15, 0.2) is 47.5 Å². The zero-order chi connectivity index (χ0) is 25.0. The molecule has 0 unspecified atom stereocenters. The molecule has 0 bridgehead atoms. The Balaban J connectivity index is 1.31. The van der Waals surface area contributed by atoms with Crippen LogP contribution in [0.25, 0.3) is 11.1 Å². The number of carbonyl (C=O) groups excluding carboxylic acids is 1. The topological polar surface area (TPSA) is 96.4 Å². The summed E-state index contributed by atoms with van der Waals surface area (Å²) in [5, 5.41) is 13.4. The predicted octanol–water partition coefficient (Wildman–Crippen LogP) is 5.22. The van der Waals surface area contributed by atoms with Gasteiger partial charge in [0.15, 0.2) is 5.82 Å². The van der Waals surface area contributed by atoms with Crippen LogP contribution in [0.2, 0.25) is 0 Å². The Labute approximate surface area is 210 Å². The van der Waals surface area contributed by atoms with Crippen molar-refractivity contribution in [3.8, 4) is 16.9 Å². The molecule has 1 fully saturated rings. The molecule has 1 amide bonds. The molecule has 2 heterocycles. The van der Waals surface area contributed by atoms with Crippen molar-refractivity contribution in [2.75, 3.05) is 0 Å². The maximum absolute atomic E-state index is 14.7. The highest BCUT2D eigenvalue weighted by atomic mass is 19.1. The van der Waals surface area contributed by atoms with Gasteiger partial charge in [0.25, 0.3) is 5.91 Å². The number of hydrogen-bond acceptors (Lipinski definition) is 6. The van der Waals surface area contributed by atoms with Crippen molar-refractivity contribution >= 4 is 11.7 Å². The zero-order valence-electron chi connectivity index (χ0n) is 20.5. The van der Waals surface area contributed by atoms with Gasteiger partial charge in [-0.2, -0.15) is 0 Å². The number of ether oxygens (including phenoxy) is 1. The monoisotopic (exact) mass is 490 g/mol. The summed E-state index contributed by atoms with van der Waals surface area (Å²) in [6.07, 6.45) is 7.89. The highest BCUT2D eigenvalue weighted by Gasteiger charge is 2.48. The molecule has 0 saturated heterocycles. The van der Waals surface area contributed by atoms with Crippen molar-refractivity contribution in [3.05, 3.63) is 59.7 Å². The number of hydrogen-bond donors (Lipinski definition) is 1. The molecule has 188 valence electrons. The molecule has 2 aromatic carbocycles. The summed E-state index contributed by atoms with van der Waals surface area (Å²) in [4.78, 5) is 20.4. The molecule has 9 heteroatoms. The number of aromatic amines is 1. The second-order valence-corrected chi connectivity index (χ2v) is 9.59. The Bertz CT molecular complexity index is 1220. The number of unbranched alkanes of at least 4 members (excludes halogenated alkanes) is 1. The molecule has 1 spiro atoms. The fourth-order valence-electron chi connectivity index (χ4n) is 5.05. The Morgan fingerprint density at radius 3 is 2.64 bits per heavy atom. The summed E-state index contributed by atoms with van der Waals surface area (Å²) in [7, 11) is 0. The van der Waals surface area contributed by atoms with Crippen LogP contribution in [0.3, 0.4) is 0 Å². The summed E-state index contributed by atoms with van der Waals surface area (Å²) in [5.74, 6) is 1.74. The first-order chi connectivity index (χ1) is 17.6. The number of rotatable bonds is 9. The van der Waals surface area contributed by atoms with Gasteiger partial charge in [-0.25, -0.2) is 9.49 Å². The average molecular weight is 491 g/mol. The minimum Gasteiger partial charge on any atom is -0.486 e. The Morgan fingerprint density at radius 1 is 1.11 bits per heavy atom. The molecule has 2 aliphatic rings. The van der Waals surface area contributed by atoms with Crippen molar-refractivity contribution in [1.82, 2.24) is 25.5 Å². The summed E-state index contributed by atoms with van der Waals surface area (Å²) in [5.41, 5.74) is 1.62. The normalized spacial score (nSPS) is 17.0. The minimum atomic E-state index is -0.549. The van der Waals surface area contributed by atoms with Gasteiger partial charge in [-0.1, -0.05) is 56.9 Å². The van der Waals surface area contributed by atoms with E-state index < -0.39 is 5.54 Å². The van der Waals surface area contributed by atoms with E-state index in [2.05, 4.69) is 27.5 Å². The number of halogens is 1. The molecular formula is C27H31FN6O2. The van der Waals surface area contributed by atoms with Crippen LogP contribution in [0.4, 0.5) is 4.39 Å². The minimum absolute atomic E-state index is 0.148. The largest absolute Gasteiger partial charge is 0.486 e. The van der Waals surface area contributed by atoms with Gasteiger partial charge in [0, 0.05) is 12.0 Å². The van der Waals surface area contributed by atoms with Crippen LogP contribution in [-0.4, -0.2) is 42.8 Å². The van der Waals surface area contributed by atoms with E-state index in [1.54, 1.807) is 12.1 Å². The lowest BCUT2D eigenvalue weighted by molar-refractivity contribution is -0.132. The first-order valence-corrected chi connectivity index (χ1v) is 12.7. The Kier molecular flexibility index (Phi) is 7.06. The standard InChI is InChI=1S/C27H31FN6O2/c1-2-3-7-25-29-27(14-5-4-6-15-27)26(35)34(25)17-19-8-10-20(11-9-19)22-16-21(12-13-23(22)28)36-18-24-30-32-33-31-24/h8-13,16H,2-7,14-15,17-18H2,1H3,(H,30,31,32,33). The van der Waals surface area contributed by atoms with Gasteiger partial charge < -0.3 is 4.74 Å². The lowest BCUT2D eigenvalue weighted by Crippen LogP contribution is -2.43. The Hall–Kier alpha value is -3.62. The van der Waals surface area contributed by atoms with E-state index in [1.807, 2.05) is 29.2 Å². The number of amides is 1. The van der Waals surface area contributed by atoms with E-state index in [1.165, 1.54) is 12.5 Å². The Morgan fingerprint density at radius 2 is 1.92 bits per heavy atom. The van der Waals surface area contributed by atoms with E-state index in [0.29, 0.717) is 23.7 Å². The number of nitrogens with zero attached hydrogens (tertiary/aromatic N) is 5. The maximum Gasteiger partial charge on any atom is 0.256 e. The number of aromatic nitrogens is 4. The van der Waals surface area contributed by atoms with Crippen molar-refractivity contribution in [3.63, 3.8) is 0 Å². The highest BCUT2D eigenvalue weighted by Crippen LogP contribution is 2.39. The third-order valence-corrected chi connectivity index (χ3v) is 7.04. The number of nitrogens with one attached hydrogen (secondary N) is 1. The average Bonchev–Trinajstić information content (AvgIpc) is 3.51. The van der Waals surface area contributed by atoms with Crippen LogP contribution >= 0.6 is 0 Å². The summed E-state index contributed by atoms with van der Waals surface area (Å²) < 4.78 is 20.4. The molecule has 1 aliphatic carbocycles. The van der Waals surface area contributed by atoms with Crippen LogP contribution in [0, 0.1) is 5.82 Å². The molecule has 8 nitrogen and oxygen atoms in total. The van der Waals surface area contributed by atoms with Gasteiger partial charge in [0.2, 0.25) is 0 Å². The van der Waals surface area contributed by atoms with Gasteiger partial charge in [-0.05, 0) is 59.0 Å². The van der Waals surface area contributed by atoms with Crippen molar-refractivity contribution < 1.29 is 13.9 Å². The van der Waals surface area contributed by atoms with Crippen molar-refractivity contribution in [1.29, 1.82) is 0 Å². The summed E-state index contributed by atoms with van der Waals surface area (Å²) in [6.45, 7) is 2.80. The second kappa shape index (κ2) is 10.6. The van der Waals surface area contributed by atoms with Crippen LogP contribution in [0.1, 0.15) is 69.7 Å². The molecule has 3 aromatic rings. The van der Waals surface area contributed by atoms with Gasteiger partial charge in [0.05, 0.1) is 6.54 Å². The number of amidine groups is 1. The smallest absolute Gasteiger partial charge is 0.256 e. The molecule has 1 saturated carbocycles. The molecule has 0 atom stereocenters. The van der Waals surface area contributed by atoms with Gasteiger partial charge >= 0.3 is 0 Å². The fraction of sp³-hybridized carbons (Fsp3) is 0.444. The van der Waals surface area contributed by atoms with Gasteiger partial charge in [-0.3, -0.25) is 14.7 Å². The molecule has 1 aromatic heterocycles. The molecule has 5 rings (SSSR count). The highest BCUT2D eigenvalue weighted by molar-refractivity contribution is 6.08. The zero-order valence-corrected chi connectivity index (χ0v) is 20.5. The first-order valence-electron chi connectivity index (χ1n) is 12.7. The molecule has 1 N–H and O–H groups in total. The molecule has 36 heavy (non-hydrogen) atoms. The quantitative estimate of drug-likeness (QED) is 0.444. The van der Waals surface area contributed by atoms with Crippen LogP contribution in [0.5, 0.6) is 5.75 Å². The third kappa shape index (κ3) is 5.01. The van der Waals surface area contributed by atoms with Crippen molar-refractivity contribution in [2.45, 2.75) is 77.0 Å². The van der Waals surface area contributed by atoms with Crippen molar-refractivity contribution in [2.24, 2.45) is 4.99 Å². The third-order valence-electron chi connectivity index (χ3n) is 7.04. The molecular weight excluding hydrogens is 459 g/mol. The van der Waals surface area contributed by atoms with E-state index in [-0.39, 0.29) is 18.3 Å². The lowest BCUT2D eigenvalue weighted by atomic mass is 9.82. The van der Waals surface area contributed by atoms with Gasteiger partial charge in [-0.15, -0.1) is 5.10 Å². The number of H-pyrrole nitrogens is 1. The van der Waals surface area contributed by atoms with E-state index >= 15 is 0 Å². The van der Waals surface area contributed by atoms with Gasteiger partial charge in [0.1, 0.15) is 29.5 Å². The number of aliphatic imine (C=N–C) groups is 1. The molecule has 1 aliphatic heterocycles. The summed E-state index contributed by atoms with van der Waals surface area (Å²) in [6, 6.07) is 12.3. The van der Waals surface area contributed by atoms with E-state index in [9.17, 15) is 9.18 Å². The second-order valence-electron chi connectivity index (χ2n) is 9.59. The van der Waals surface area contributed by atoms with Crippen LogP contribution in [-0.2, 0) is 17.9 Å². The fourth-order valence-corrected chi connectivity index (χ4v) is 5.05. The lowest BCUT2D eigenvalue weighted by Gasteiger charge is -2.29. The summed E-state index contributed by atoms with van der Waals surface area (Å²) >= 11 is 0. The maximum atomic E-state index is 14.7. The number of benzene rings is 2.